The largest absolute Gasteiger partial charge is 0.256 e. The van der Waals surface area contributed by atoms with Gasteiger partial charge in [-0.25, -0.2) is 9.13 Å². The molecule has 0 unspecified atom stereocenters. The third-order valence-corrected chi connectivity index (χ3v) is 3.48. The molecule has 2 aromatic rings. The molecule has 0 amide bonds. The van der Waals surface area contributed by atoms with Crippen LogP contribution in [0.5, 0.6) is 0 Å². The smallest absolute Gasteiger partial charge is 0.234 e. The van der Waals surface area contributed by atoms with Gasteiger partial charge in [0.05, 0.1) is 7.05 Å². The Labute approximate surface area is 104 Å². The zero-order valence-corrected chi connectivity index (χ0v) is 11.0. The van der Waals surface area contributed by atoms with Crippen LogP contribution in [0, 0.1) is 26.0 Å². The molecule has 1 heterocycles. The van der Waals surface area contributed by atoms with Gasteiger partial charge in [0, 0.05) is 25.8 Å². The average molecular weight is 227 g/mol. The Balaban J connectivity index is 2.42. The van der Waals surface area contributed by atoms with Crippen LogP contribution < -0.4 is 4.57 Å². The Hall–Kier alpha value is -1.75. The highest BCUT2D eigenvalue weighted by molar-refractivity contribution is 5.09. The number of aromatic nitrogens is 2. The fourth-order valence-electron chi connectivity index (χ4n) is 2.30. The lowest BCUT2D eigenvalue weighted by Crippen LogP contribution is -2.40. The van der Waals surface area contributed by atoms with Gasteiger partial charge in [0.2, 0.25) is 0 Å². The molecule has 88 valence electrons. The molecule has 0 saturated carbocycles. The molecular weight excluding hydrogens is 208 g/mol. The third-order valence-electron chi connectivity index (χ3n) is 3.48. The minimum atomic E-state index is 0.883. The first kappa shape index (κ1) is 11.7. The Bertz CT molecular complexity index is 509. The van der Waals surface area contributed by atoms with Gasteiger partial charge < -0.3 is 0 Å². The van der Waals surface area contributed by atoms with E-state index in [1.807, 2.05) is 12.1 Å². The van der Waals surface area contributed by atoms with Gasteiger partial charge in [0.15, 0.2) is 0 Å². The minimum absolute atomic E-state index is 0.883. The average Bonchev–Trinajstić information content (AvgIpc) is 2.55. The van der Waals surface area contributed by atoms with E-state index < -0.39 is 0 Å². The molecule has 0 bridgehead atoms. The first-order chi connectivity index (χ1) is 8.15. The zero-order valence-electron chi connectivity index (χ0n) is 11.0. The van der Waals surface area contributed by atoms with Gasteiger partial charge in [-0.05, 0) is 12.1 Å². The number of hydrogen-bond acceptors (Lipinski definition) is 0. The van der Waals surface area contributed by atoms with Crippen molar-refractivity contribution in [3.8, 4) is 0 Å². The van der Waals surface area contributed by atoms with Crippen molar-refractivity contribution >= 4 is 0 Å². The van der Waals surface area contributed by atoms with Crippen molar-refractivity contribution in [1.29, 1.82) is 0 Å². The first-order valence-corrected chi connectivity index (χ1v) is 6.07. The molecule has 0 aliphatic rings. The van der Waals surface area contributed by atoms with E-state index in [-0.39, 0.29) is 0 Å². The van der Waals surface area contributed by atoms with E-state index in [1.54, 1.807) is 0 Å². The fourth-order valence-corrected chi connectivity index (χ4v) is 2.30. The van der Waals surface area contributed by atoms with Crippen molar-refractivity contribution in [2.24, 2.45) is 7.05 Å². The molecule has 0 N–H and O–H groups in total. The lowest BCUT2D eigenvalue weighted by molar-refractivity contribution is -0.701. The Morgan fingerprint density at radius 1 is 1.35 bits per heavy atom. The number of hydrogen-bond donors (Lipinski definition) is 0. The third kappa shape index (κ3) is 2.06. The summed E-state index contributed by atoms with van der Waals surface area (Å²) < 4.78 is 4.65. The van der Waals surface area contributed by atoms with Crippen LogP contribution in [0.2, 0.25) is 0 Å². The van der Waals surface area contributed by atoms with E-state index in [2.05, 4.69) is 55.2 Å². The molecule has 0 aliphatic heterocycles. The second-order valence-corrected chi connectivity index (χ2v) is 4.41. The van der Waals surface area contributed by atoms with Crippen LogP contribution >= 0.6 is 0 Å². The van der Waals surface area contributed by atoms with Crippen LogP contribution in [0.25, 0.3) is 0 Å². The van der Waals surface area contributed by atoms with Gasteiger partial charge in [0.25, 0.3) is 5.82 Å². The standard InChI is InChI=1S/C15H19N2/c1-5-15-16(4)12(2)13(3)17(15)11-14-9-7-6-8-10-14/h6-7,9H,5,11H2,1-4H3/q+1. The summed E-state index contributed by atoms with van der Waals surface area (Å²) in [4.78, 5) is 0. The van der Waals surface area contributed by atoms with E-state index >= 15 is 0 Å². The molecule has 0 fully saturated rings. The summed E-state index contributed by atoms with van der Waals surface area (Å²) in [6, 6.07) is 12.2. The summed E-state index contributed by atoms with van der Waals surface area (Å²) in [5.74, 6) is 1.36. The molecule has 0 spiro atoms. The van der Waals surface area contributed by atoms with E-state index in [0.29, 0.717) is 0 Å². The van der Waals surface area contributed by atoms with Crippen LogP contribution in [-0.4, -0.2) is 4.57 Å². The molecule has 1 aromatic heterocycles. The van der Waals surface area contributed by atoms with Gasteiger partial charge in [-0.1, -0.05) is 25.1 Å². The summed E-state index contributed by atoms with van der Waals surface area (Å²) in [5.41, 5.74) is 3.85. The fraction of sp³-hybridized carbons (Fsp3) is 0.400. The zero-order chi connectivity index (χ0) is 12.4. The number of nitrogens with zero attached hydrogens (tertiary/aromatic N) is 2. The van der Waals surface area contributed by atoms with Gasteiger partial charge in [-0.15, -0.1) is 0 Å². The van der Waals surface area contributed by atoms with Crippen LogP contribution in [-0.2, 0) is 20.0 Å². The Kier molecular flexibility index (Phi) is 3.19. The van der Waals surface area contributed by atoms with Gasteiger partial charge in [0.1, 0.15) is 17.9 Å². The highest BCUT2D eigenvalue weighted by atomic mass is 15.2. The highest BCUT2D eigenvalue weighted by Gasteiger charge is 2.21. The SMILES string of the molecule is CCc1n(C)c(C)c(C)[n+]1Cc1c#cccc1. The normalized spacial score (nSPS) is 10.4. The summed E-state index contributed by atoms with van der Waals surface area (Å²) >= 11 is 0. The number of imidazole rings is 1. The van der Waals surface area contributed by atoms with Crippen molar-refractivity contribution in [3.05, 3.63) is 53.1 Å². The first-order valence-electron chi connectivity index (χ1n) is 6.07. The maximum absolute atomic E-state index is 3.17. The van der Waals surface area contributed by atoms with E-state index in [9.17, 15) is 0 Å². The Morgan fingerprint density at radius 2 is 2.12 bits per heavy atom. The molecule has 0 radical (unpaired) electrons. The van der Waals surface area contributed by atoms with Crippen molar-refractivity contribution in [1.82, 2.24) is 4.57 Å². The maximum Gasteiger partial charge on any atom is 0.256 e. The molecule has 0 atom stereocenters. The molecule has 0 aliphatic carbocycles. The second kappa shape index (κ2) is 4.63. The molecular formula is C15H19N2+. The summed E-state index contributed by atoms with van der Waals surface area (Å²) in [6.07, 6.45) is 1.04. The molecule has 2 rings (SSSR count). The lowest BCUT2D eigenvalue weighted by Gasteiger charge is -2.01. The quantitative estimate of drug-likeness (QED) is 0.710. The van der Waals surface area contributed by atoms with Crippen molar-refractivity contribution in [2.45, 2.75) is 33.7 Å². The highest BCUT2D eigenvalue weighted by Crippen LogP contribution is 2.08. The number of rotatable bonds is 3. The predicted octanol–water partition coefficient (Wildman–Crippen LogP) is 2.14. The van der Waals surface area contributed by atoms with Gasteiger partial charge in [-0.3, -0.25) is 0 Å². The summed E-state index contributed by atoms with van der Waals surface area (Å²) in [6.45, 7) is 7.44. The van der Waals surface area contributed by atoms with Crippen LogP contribution in [0.15, 0.2) is 18.2 Å². The van der Waals surface area contributed by atoms with Crippen LogP contribution in [0.4, 0.5) is 0 Å². The molecule has 0 saturated heterocycles. The lowest BCUT2D eigenvalue weighted by atomic mass is 10.2. The predicted molar refractivity (Wildman–Crippen MR) is 67.7 cm³/mol. The van der Waals surface area contributed by atoms with Crippen LogP contribution in [0.3, 0.4) is 0 Å². The molecule has 2 nitrogen and oxygen atoms in total. The van der Waals surface area contributed by atoms with Crippen molar-refractivity contribution < 1.29 is 4.57 Å². The van der Waals surface area contributed by atoms with Crippen LogP contribution in [0.1, 0.15) is 29.7 Å². The monoisotopic (exact) mass is 227 g/mol. The summed E-state index contributed by atoms with van der Waals surface area (Å²) in [5, 5.41) is 0. The van der Waals surface area contributed by atoms with E-state index in [1.165, 1.54) is 22.8 Å². The van der Waals surface area contributed by atoms with Crippen molar-refractivity contribution in [3.63, 3.8) is 0 Å². The second-order valence-electron chi connectivity index (χ2n) is 4.41. The Morgan fingerprint density at radius 3 is 2.71 bits per heavy atom. The maximum atomic E-state index is 3.17. The minimum Gasteiger partial charge on any atom is -0.234 e. The summed E-state index contributed by atoms with van der Waals surface area (Å²) in [7, 11) is 2.14. The molecule has 1 aromatic carbocycles. The molecule has 17 heavy (non-hydrogen) atoms. The molecule has 2 heteroatoms. The topological polar surface area (TPSA) is 8.81 Å². The van der Waals surface area contributed by atoms with Gasteiger partial charge in [-0.2, -0.15) is 0 Å². The van der Waals surface area contributed by atoms with Gasteiger partial charge >= 0.3 is 0 Å². The van der Waals surface area contributed by atoms with E-state index in [4.69, 9.17) is 0 Å². The van der Waals surface area contributed by atoms with Crippen molar-refractivity contribution in [2.75, 3.05) is 0 Å². The van der Waals surface area contributed by atoms with E-state index in [0.717, 1.165) is 13.0 Å².